The van der Waals surface area contributed by atoms with Gasteiger partial charge in [-0.05, 0) is 25.1 Å². The van der Waals surface area contributed by atoms with Crippen molar-refractivity contribution in [3.63, 3.8) is 0 Å². The number of carbonyl (C=O) groups is 1. The van der Waals surface area contributed by atoms with Gasteiger partial charge in [-0.1, -0.05) is 30.0 Å². The summed E-state index contributed by atoms with van der Waals surface area (Å²) in [6.45, 7) is 2.34. The minimum absolute atomic E-state index is 0.106. The van der Waals surface area contributed by atoms with E-state index in [1.807, 2.05) is 31.2 Å². The van der Waals surface area contributed by atoms with E-state index < -0.39 is 0 Å². The molecule has 0 aliphatic heterocycles. The van der Waals surface area contributed by atoms with E-state index in [1.165, 1.54) is 18.9 Å². The standard InChI is InChI=1S/C22H22N4O4S/c1-4-26-21(28)20-19(14-7-5-6-8-15(14)24-20)25-22(26)31-12-18(27)23-13-9-10-16(29-2)17(11-13)30-3/h5-11,24H,4,12H2,1-3H3,(H,23,27). The maximum atomic E-state index is 13.0. The third-order valence-electron chi connectivity index (χ3n) is 4.89. The first-order chi connectivity index (χ1) is 15.0. The summed E-state index contributed by atoms with van der Waals surface area (Å²) in [5, 5.41) is 4.23. The number of nitrogens with zero attached hydrogens (tertiary/aromatic N) is 2. The molecule has 0 aliphatic rings. The highest BCUT2D eigenvalue weighted by Gasteiger charge is 2.16. The lowest BCUT2D eigenvalue weighted by molar-refractivity contribution is -0.113. The second kappa shape index (κ2) is 8.73. The normalized spacial score (nSPS) is 11.1. The molecular formula is C22H22N4O4S. The minimum atomic E-state index is -0.215. The molecule has 0 aliphatic carbocycles. The average molecular weight is 439 g/mol. The summed E-state index contributed by atoms with van der Waals surface area (Å²) in [6.07, 6.45) is 0. The number of carbonyl (C=O) groups excluding carboxylic acids is 1. The maximum absolute atomic E-state index is 13.0. The zero-order valence-corrected chi connectivity index (χ0v) is 18.2. The number of ether oxygens (including phenoxy) is 2. The van der Waals surface area contributed by atoms with Crippen LogP contribution in [0.25, 0.3) is 21.9 Å². The Balaban J connectivity index is 1.57. The summed E-state index contributed by atoms with van der Waals surface area (Å²) < 4.78 is 12.1. The summed E-state index contributed by atoms with van der Waals surface area (Å²) in [4.78, 5) is 33.4. The van der Waals surface area contributed by atoms with Gasteiger partial charge in [-0.2, -0.15) is 0 Å². The van der Waals surface area contributed by atoms with Crippen LogP contribution in [0.3, 0.4) is 0 Å². The largest absolute Gasteiger partial charge is 0.493 e. The molecule has 2 aromatic heterocycles. The summed E-state index contributed by atoms with van der Waals surface area (Å²) in [5.41, 5.74) is 2.40. The van der Waals surface area contributed by atoms with E-state index in [4.69, 9.17) is 14.5 Å². The molecule has 0 bridgehead atoms. The summed E-state index contributed by atoms with van der Waals surface area (Å²) in [6, 6.07) is 12.8. The Hall–Kier alpha value is -3.46. The van der Waals surface area contributed by atoms with Gasteiger partial charge in [0.15, 0.2) is 16.7 Å². The molecule has 8 nitrogen and oxygen atoms in total. The predicted octanol–water partition coefficient (Wildman–Crippen LogP) is 3.65. The molecule has 31 heavy (non-hydrogen) atoms. The zero-order valence-electron chi connectivity index (χ0n) is 17.4. The number of H-pyrrole nitrogens is 1. The van der Waals surface area contributed by atoms with Gasteiger partial charge in [0.25, 0.3) is 5.56 Å². The third kappa shape index (κ3) is 3.96. The van der Waals surface area contributed by atoms with E-state index >= 15 is 0 Å². The van der Waals surface area contributed by atoms with Crippen molar-refractivity contribution < 1.29 is 14.3 Å². The number of methoxy groups -OCH3 is 2. The van der Waals surface area contributed by atoms with E-state index in [1.54, 1.807) is 29.9 Å². The van der Waals surface area contributed by atoms with E-state index in [0.29, 0.717) is 39.9 Å². The van der Waals surface area contributed by atoms with Crippen molar-refractivity contribution in [2.24, 2.45) is 0 Å². The fourth-order valence-electron chi connectivity index (χ4n) is 3.41. The Morgan fingerprint density at radius 1 is 1.16 bits per heavy atom. The van der Waals surface area contributed by atoms with E-state index in [0.717, 1.165) is 10.9 Å². The van der Waals surface area contributed by atoms with Gasteiger partial charge in [-0.3, -0.25) is 14.2 Å². The van der Waals surface area contributed by atoms with Crippen LogP contribution in [0.1, 0.15) is 6.92 Å². The number of amides is 1. The third-order valence-corrected chi connectivity index (χ3v) is 5.87. The zero-order chi connectivity index (χ0) is 22.0. The molecule has 0 saturated heterocycles. The van der Waals surface area contributed by atoms with Crippen LogP contribution in [-0.4, -0.2) is 40.4 Å². The lowest BCUT2D eigenvalue weighted by atomic mass is 10.2. The van der Waals surface area contributed by atoms with Crippen molar-refractivity contribution in [3.8, 4) is 11.5 Å². The van der Waals surface area contributed by atoms with Crippen LogP contribution in [-0.2, 0) is 11.3 Å². The lowest BCUT2D eigenvalue weighted by Crippen LogP contribution is -2.23. The molecule has 0 unspecified atom stereocenters. The maximum Gasteiger partial charge on any atom is 0.278 e. The average Bonchev–Trinajstić information content (AvgIpc) is 3.16. The van der Waals surface area contributed by atoms with E-state index in [2.05, 4.69) is 10.3 Å². The molecule has 0 atom stereocenters. The topological polar surface area (TPSA) is 98.2 Å². The minimum Gasteiger partial charge on any atom is -0.493 e. The van der Waals surface area contributed by atoms with Gasteiger partial charge >= 0.3 is 0 Å². The van der Waals surface area contributed by atoms with Crippen molar-refractivity contribution in [3.05, 3.63) is 52.8 Å². The fourth-order valence-corrected chi connectivity index (χ4v) is 4.26. The molecule has 9 heteroatoms. The quantitative estimate of drug-likeness (QED) is 0.338. The van der Waals surface area contributed by atoms with Gasteiger partial charge < -0.3 is 19.8 Å². The first-order valence-corrected chi connectivity index (χ1v) is 10.7. The van der Waals surface area contributed by atoms with Gasteiger partial charge in [-0.25, -0.2) is 4.98 Å². The Morgan fingerprint density at radius 3 is 2.68 bits per heavy atom. The lowest BCUT2D eigenvalue weighted by Gasteiger charge is -2.11. The number of hydrogen-bond donors (Lipinski definition) is 2. The molecule has 2 N–H and O–H groups in total. The van der Waals surface area contributed by atoms with Gasteiger partial charge in [0.05, 0.1) is 20.0 Å². The number of fused-ring (bicyclic) bond motifs is 3. The Bertz CT molecular complexity index is 1330. The number of aromatic amines is 1. The Morgan fingerprint density at radius 2 is 1.94 bits per heavy atom. The fraction of sp³-hybridized carbons (Fsp3) is 0.227. The molecule has 0 saturated carbocycles. The van der Waals surface area contributed by atoms with Gasteiger partial charge in [0, 0.05) is 29.2 Å². The highest BCUT2D eigenvalue weighted by Crippen LogP contribution is 2.30. The van der Waals surface area contributed by atoms with Gasteiger partial charge in [0.1, 0.15) is 11.0 Å². The van der Waals surface area contributed by atoms with Gasteiger partial charge in [0.2, 0.25) is 5.91 Å². The van der Waals surface area contributed by atoms with Crippen LogP contribution in [0.15, 0.2) is 52.4 Å². The van der Waals surface area contributed by atoms with Crippen LogP contribution >= 0.6 is 11.8 Å². The molecular weight excluding hydrogens is 416 g/mol. The second-order valence-corrected chi connectivity index (χ2v) is 7.69. The van der Waals surface area contributed by atoms with Crippen LogP contribution in [0.5, 0.6) is 11.5 Å². The van der Waals surface area contributed by atoms with E-state index in [9.17, 15) is 9.59 Å². The Labute approximate surface area is 182 Å². The second-order valence-electron chi connectivity index (χ2n) is 6.74. The number of nitrogens with one attached hydrogen (secondary N) is 2. The molecule has 1 amide bonds. The van der Waals surface area contributed by atoms with Gasteiger partial charge in [-0.15, -0.1) is 0 Å². The first kappa shape index (κ1) is 20.8. The number of aromatic nitrogens is 3. The van der Waals surface area contributed by atoms with Crippen molar-refractivity contribution in [2.75, 3.05) is 25.3 Å². The summed E-state index contributed by atoms with van der Waals surface area (Å²) in [5.74, 6) is 1.000. The number of hydrogen-bond acceptors (Lipinski definition) is 6. The monoisotopic (exact) mass is 438 g/mol. The molecule has 2 heterocycles. The molecule has 0 radical (unpaired) electrons. The molecule has 160 valence electrons. The Kier molecular flexibility index (Phi) is 5.85. The highest BCUT2D eigenvalue weighted by atomic mass is 32.2. The van der Waals surface area contributed by atoms with Crippen LogP contribution < -0.4 is 20.3 Å². The number of anilines is 1. The SMILES string of the molecule is CCn1c(SCC(=O)Nc2ccc(OC)c(OC)c2)nc2c([nH]c3ccccc32)c1=O. The van der Waals surface area contributed by atoms with Crippen LogP contribution in [0.4, 0.5) is 5.69 Å². The molecule has 0 fully saturated rings. The molecule has 0 spiro atoms. The van der Waals surface area contributed by atoms with Crippen molar-refractivity contribution in [1.82, 2.24) is 14.5 Å². The number of para-hydroxylation sites is 1. The van der Waals surface area contributed by atoms with E-state index in [-0.39, 0.29) is 17.2 Å². The summed E-state index contributed by atoms with van der Waals surface area (Å²) >= 11 is 1.23. The molecule has 4 aromatic rings. The smallest absolute Gasteiger partial charge is 0.278 e. The predicted molar refractivity (Wildman–Crippen MR) is 122 cm³/mol. The first-order valence-electron chi connectivity index (χ1n) is 9.71. The molecule has 4 rings (SSSR count). The number of benzene rings is 2. The highest BCUT2D eigenvalue weighted by molar-refractivity contribution is 7.99. The molecule has 2 aromatic carbocycles. The van der Waals surface area contributed by atoms with Crippen LogP contribution in [0.2, 0.25) is 0 Å². The van der Waals surface area contributed by atoms with Crippen molar-refractivity contribution >= 4 is 45.3 Å². The summed E-state index contributed by atoms with van der Waals surface area (Å²) in [7, 11) is 3.09. The number of thioether (sulfide) groups is 1. The van der Waals surface area contributed by atoms with Crippen molar-refractivity contribution in [2.45, 2.75) is 18.6 Å². The van der Waals surface area contributed by atoms with Crippen LogP contribution in [0, 0.1) is 0 Å². The number of rotatable bonds is 7. The van der Waals surface area contributed by atoms with Crippen molar-refractivity contribution in [1.29, 1.82) is 0 Å².